The Kier molecular flexibility index (Phi) is 7.70. The molecule has 2 atom stereocenters. The Morgan fingerprint density at radius 3 is 2.81 bits per heavy atom. The van der Waals surface area contributed by atoms with Crippen LogP contribution in [0.3, 0.4) is 0 Å². The van der Waals surface area contributed by atoms with Crippen molar-refractivity contribution < 1.29 is 24.5 Å². The summed E-state index contributed by atoms with van der Waals surface area (Å²) in [7, 11) is 0. The van der Waals surface area contributed by atoms with Gasteiger partial charge in [0.1, 0.15) is 6.61 Å². The minimum absolute atomic E-state index is 0.0410. The molecule has 9 heteroatoms. The number of hydrogen-bond acceptors (Lipinski definition) is 7. The summed E-state index contributed by atoms with van der Waals surface area (Å²) in [5.41, 5.74) is 0.245. The van der Waals surface area contributed by atoms with Crippen LogP contribution in [0.25, 0.3) is 0 Å². The molecule has 0 spiro atoms. The summed E-state index contributed by atoms with van der Waals surface area (Å²) in [6.45, 7) is 7.43. The Balaban J connectivity index is 1.53. The van der Waals surface area contributed by atoms with E-state index >= 15 is 0 Å². The molecule has 1 aromatic heterocycles. The minimum atomic E-state index is -1.04. The number of thiazole rings is 1. The van der Waals surface area contributed by atoms with Gasteiger partial charge >= 0.3 is 12.1 Å². The molecule has 31 heavy (non-hydrogen) atoms. The van der Waals surface area contributed by atoms with Gasteiger partial charge in [0.2, 0.25) is 0 Å². The molecule has 2 fully saturated rings. The molecule has 2 aliphatic rings. The largest absolute Gasteiger partial charge is 0.476 e. The molecule has 3 rings (SSSR count). The van der Waals surface area contributed by atoms with Crippen LogP contribution in [0, 0.1) is 10.8 Å². The number of aromatic nitrogens is 1. The Hall–Kier alpha value is -1.58. The third-order valence-corrected chi connectivity index (χ3v) is 8.14. The standard InChI is InChI=1S/C22H32N2O5S2/c1-21(2,3)9-10-22(7-4-8-22)17(25)6-5-15-13-29-20(28)24(15)11-12-30-19-23-16(14-31-19)18(26)27/h5-6,14-15,17,25H,4,7-13H2,1-3H3,(H,26,27)/t15-,17+/m0/s1. The highest BCUT2D eigenvalue weighted by atomic mass is 32.2. The molecule has 1 aliphatic heterocycles. The number of ether oxygens (including phenoxy) is 1. The van der Waals surface area contributed by atoms with Gasteiger partial charge in [0.25, 0.3) is 0 Å². The van der Waals surface area contributed by atoms with Crippen LogP contribution < -0.4 is 0 Å². The van der Waals surface area contributed by atoms with Crippen molar-refractivity contribution in [1.82, 2.24) is 9.88 Å². The van der Waals surface area contributed by atoms with E-state index in [1.807, 2.05) is 12.2 Å². The number of amides is 1. The summed E-state index contributed by atoms with van der Waals surface area (Å²) < 4.78 is 5.89. The lowest BCUT2D eigenvalue weighted by Crippen LogP contribution is -2.41. The average Bonchev–Trinajstić information content (AvgIpc) is 3.26. The summed E-state index contributed by atoms with van der Waals surface area (Å²) in [5, 5.41) is 21.4. The molecule has 172 valence electrons. The normalized spacial score (nSPS) is 21.9. The second-order valence-corrected chi connectivity index (χ2v) is 11.8. The summed E-state index contributed by atoms with van der Waals surface area (Å²) in [6.07, 6.45) is 8.21. The predicted octanol–water partition coefficient (Wildman–Crippen LogP) is 4.67. The first kappa shape index (κ1) is 24.1. The number of thioether (sulfide) groups is 1. The van der Waals surface area contributed by atoms with Gasteiger partial charge in [-0.05, 0) is 36.5 Å². The molecule has 1 aromatic rings. The first-order chi connectivity index (χ1) is 14.6. The van der Waals surface area contributed by atoms with Crippen LogP contribution in [0.4, 0.5) is 4.79 Å². The van der Waals surface area contributed by atoms with Crippen molar-refractivity contribution in [2.24, 2.45) is 10.8 Å². The quantitative estimate of drug-likeness (QED) is 0.380. The van der Waals surface area contributed by atoms with Crippen molar-refractivity contribution in [3.8, 4) is 0 Å². The van der Waals surface area contributed by atoms with Crippen molar-refractivity contribution in [2.75, 3.05) is 18.9 Å². The zero-order valence-electron chi connectivity index (χ0n) is 18.4. The zero-order valence-corrected chi connectivity index (χ0v) is 20.0. The predicted molar refractivity (Wildman–Crippen MR) is 122 cm³/mol. The maximum Gasteiger partial charge on any atom is 0.410 e. The van der Waals surface area contributed by atoms with Gasteiger partial charge in [0.05, 0.1) is 12.1 Å². The van der Waals surface area contributed by atoms with Gasteiger partial charge in [-0.2, -0.15) is 0 Å². The Labute approximate surface area is 191 Å². The van der Waals surface area contributed by atoms with Crippen molar-refractivity contribution in [2.45, 2.75) is 69.4 Å². The number of carbonyl (C=O) groups is 2. The number of carboxylic acids is 1. The van der Waals surface area contributed by atoms with Gasteiger partial charge in [-0.25, -0.2) is 14.6 Å². The number of hydrogen-bond donors (Lipinski definition) is 2. The van der Waals surface area contributed by atoms with Crippen molar-refractivity contribution in [1.29, 1.82) is 0 Å². The Morgan fingerprint density at radius 1 is 1.48 bits per heavy atom. The van der Waals surface area contributed by atoms with Crippen LogP contribution in [0.15, 0.2) is 21.9 Å². The third kappa shape index (κ3) is 6.23. The lowest BCUT2D eigenvalue weighted by Gasteiger charge is -2.46. The van der Waals surface area contributed by atoms with Gasteiger partial charge in [-0.15, -0.1) is 11.3 Å². The lowest BCUT2D eigenvalue weighted by atomic mass is 9.61. The molecule has 1 aliphatic carbocycles. The summed E-state index contributed by atoms with van der Waals surface area (Å²) in [5.74, 6) is -0.453. The molecule has 0 bridgehead atoms. The first-order valence-corrected chi connectivity index (χ1v) is 12.6. The SMILES string of the molecule is CC(C)(C)CCC1([C@H](O)C=C[C@H]2COC(=O)N2CCSc2nc(C(=O)O)cs2)CCC1. The first-order valence-electron chi connectivity index (χ1n) is 10.7. The van der Waals surface area contributed by atoms with E-state index in [9.17, 15) is 14.7 Å². The topological polar surface area (TPSA) is 100.0 Å². The maximum atomic E-state index is 12.1. The van der Waals surface area contributed by atoms with E-state index < -0.39 is 12.1 Å². The van der Waals surface area contributed by atoms with Gasteiger partial charge < -0.3 is 14.9 Å². The molecular formula is C22H32N2O5S2. The van der Waals surface area contributed by atoms with Crippen molar-refractivity contribution in [3.63, 3.8) is 0 Å². The van der Waals surface area contributed by atoms with Crippen LogP contribution in [0.2, 0.25) is 0 Å². The lowest BCUT2D eigenvalue weighted by molar-refractivity contribution is -0.0202. The molecule has 2 N–H and O–H groups in total. The molecular weight excluding hydrogens is 436 g/mol. The summed E-state index contributed by atoms with van der Waals surface area (Å²) >= 11 is 2.70. The number of carbonyl (C=O) groups excluding carboxylic acids is 1. The van der Waals surface area contributed by atoms with E-state index in [1.165, 1.54) is 28.5 Å². The van der Waals surface area contributed by atoms with Crippen molar-refractivity contribution in [3.05, 3.63) is 23.2 Å². The maximum absolute atomic E-state index is 12.1. The van der Waals surface area contributed by atoms with Crippen LogP contribution in [0.5, 0.6) is 0 Å². The van der Waals surface area contributed by atoms with Gasteiger partial charge in [0.15, 0.2) is 10.0 Å². The molecule has 1 saturated heterocycles. The highest BCUT2D eigenvalue weighted by molar-refractivity contribution is 8.01. The fraction of sp³-hybridized carbons (Fsp3) is 0.682. The van der Waals surface area contributed by atoms with E-state index in [0.29, 0.717) is 16.6 Å². The molecule has 1 amide bonds. The van der Waals surface area contributed by atoms with Crippen LogP contribution in [0.1, 0.15) is 63.4 Å². The zero-order chi connectivity index (χ0) is 22.6. The summed E-state index contributed by atoms with van der Waals surface area (Å²) in [6, 6.07) is -0.201. The number of rotatable bonds is 10. The highest BCUT2D eigenvalue weighted by Gasteiger charge is 2.43. The molecule has 0 radical (unpaired) electrons. The monoisotopic (exact) mass is 468 g/mol. The highest BCUT2D eigenvalue weighted by Crippen LogP contribution is 2.49. The van der Waals surface area contributed by atoms with Gasteiger partial charge in [-0.3, -0.25) is 4.90 Å². The number of cyclic esters (lactones) is 1. The van der Waals surface area contributed by atoms with Crippen LogP contribution in [-0.4, -0.2) is 63.2 Å². The Bertz CT molecular complexity index is 813. The Morgan fingerprint density at radius 2 is 2.23 bits per heavy atom. The van der Waals surface area contributed by atoms with Crippen LogP contribution >= 0.6 is 23.1 Å². The second-order valence-electron chi connectivity index (χ2n) is 9.60. The fourth-order valence-electron chi connectivity index (χ4n) is 3.92. The fourth-order valence-corrected chi connectivity index (χ4v) is 5.73. The second kappa shape index (κ2) is 9.92. The van der Waals surface area contributed by atoms with Gasteiger partial charge in [0, 0.05) is 17.7 Å². The smallest absolute Gasteiger partial charge is 0.410 e. The number of aliphatic hydroxyl groups is 1. The van der Waals surface area contributed by atoms with E-state index in [4.69, 9.17) is 9.84 Å². The van der Waals surface area contributed by atoms with E-state index in [-0.39, 0.29) is 35.3 Å². The number of aromatic carboxylic acids is 1. The van der Waals surface area contributed by atoms with E-state index in [2.05, 4.69) is 25.8 Å². The number of aliphatic hydroxyl groups excluding tert-OH is 1. The molecule has 7 nitrogen and oxygen atoms in total. The van der Waals surface area contributed by atoms with Gasteiger partial charge in [-0.1, -0.05) is 51.1 Å². The van der Waals surface area contributed by atoms with Crippen LogP contribution in [-0.2, 0) is 4.74 Å². The molecule has 2 heterocycles. The summed E-state index contributed by atoms with van der Waals surface area (Å²) in [4.78, 5) is 28.8. The third-order valence-electron chi connectivity index (χ3n) is 6.14. The van der Waals surface area contributed by atoms with E-state index in [1.54, 1.807) is 4.90 Å². The van der Waals surface area contributed by atoms with Crippen molar-refractivity contribution >= 4 is 35.2 Å². The molecule has 0 aromatic carbocycles. The number of carboxylic acid groups (broad SMARTS) is 1. The molecule has 0 unspecified atom stereocenters. The van der Waals surface area contributed by atoms with E-state index in [0.717, 1.165) is 32.1 Å². The molecule has 1 saturated carbocycles. The average molecular weight is 469 g/mol. The minimum Gasteiger partial charge on any atom is -0.476 e. The number of nitrogens with zero attached hydrogens (tertiary/aromatic N) is 2.